The molecule has 0 radical (unpaired) electrons. The van der Waals surface area contributed by atoms with Crippen molar-refractivity contribution in [2.45, 2.75) is 50.0 Å². The first-order valence-electron chi connectivity index (χ1n) is 9.79. The average Bonchev–Trinajstić information content (AvgIpc) is 2.72. The van der Waals surface area contributed by atoms with Crippen LogP contribution in [0.5, 0.6) is 0 Å². The Balaban J connectivity index is 2.13. The van der Waals surface area contributed by atoms with Gasteiger partial charge < -0.3 is 10.1 Å². The van der Waals surface area contributed by atoms with E-state index in [0.717, 1.165) is 0 Å². The lowest BCUT2D eigenvalue weighted by molar-refractivity contribution is -0.118. The van der Waals surface area contributed by atoms with E-state index < -0.39 is 22.0 Å². The highest BCUT2D eigenvalue weighted by Crippen LogP contribution is 2.17. The third kappa shape index (κ3) is 8.13. The van der Waals surface area contributed by atoms with Crippen LogP contribution in [-0.4, -0.2) is 26.2 Å². The van der Waals surface area contributed by atoms with Gasteiger partial charge in [0.25, 0.3) is 0 Å². The zero-order valence-corrected chi connectivity index (χ0v) is 18.7. The Labute approximate surface area is 187 Å². The number of hydrogen-bond acceptors (Lipinski definition) is 5. The molecule has 0 fully saturated rings. The van der Waals surface area contributed by atoms with Crippen molar-refractivity contribution in [1.82, 2.24) is 4.72 Å². The van der Waals surface area contributed by atoms with Gasteiger partial charge in [-0.2, -0.15) is 9.98 Å². The van der Waals surface area contributed by atoms with Crippen LogP contribution in [-0.2, 0) is 19.6 Å². The molecule has 31 heavy (non-hydrogen) atoms. The third-order valence-corrected chi connectivity index (χ3v) is 6.24. The van der Waals surface area contributed by atoms with Crippen LogP contribution >= 0.6 is 11.6 Å². The number of amides is 1. The number of unbranched alkanes of at least 4 members (excludes halogenated alkanes) is 2. The van der Waals surface area contributed by atoms with Gasteiger partial charge in [-0.25, -0.2) is 8.42 Å². The van der Waals surface area contributed by atoms with E-state index in [-0.39, 0.29) is 17.1 Å². The van der Waals surface area contributed by atoms with Crippen molar-refractivity contribution in [3.05, 3.63) is 59.1 Å². The van der Waals surface area contributed by atoms with Crippen LogP contribution in [0, 0.1) is 11.3 Å². The zero-order valence-electron chi connectivity index (χ0n) is 17.1. The summed E-state index contributed by atoms with van der Waals surface area (Å²) in [5.74, 6) is -0.414. The molecule has 2 aromatic carbocycles. The van der Waals surface area contributed by atoms with Gasteiger partial charge in [0.15, 0.2) is 0 Å². The van der Waals surface area contributed by atoms with Crippen LogP contribution in [0.2, 0.25) is 5.02 Å². The molecule has 1 unspecified atom stereocenters. The monoisotopic (exact) mass is 461 g/mol. The van der Waals surface area contributed by atoms with E-state index in [0.29, 0.717) is 42.0 Å². The zero-order chi connectivity index (χ0) is 22.9. The predicted octanol–water partition coefficient (Wildman–Crippen LogP) is 4.04. The molecule has 0 saturated carbocycles. The normalized spacial score (nSPS) is 12.0. The van der Waals surface area contributed by atoms with Gasteiger partial charge in [-0.15, -0.1) is 0 Å². The van der Waals surface area contributed by atoms with Gasteiger partial charge in [0.2, 0.25) is 15.9 Å². The molecule has 2 N–H and O–H groups in total. The number of halogens is 1. The van der Waals surface area contributed by atoms with Gasteiger partial charge in [-0.05, 0) is 62.2 Å². The summed E-state index contributed by atoms with van der Waals surface area (Å²) in [5, 5.41) is 12.0. The average molecular weight is 462 g/mol. The second-order valence-electron chi connectivity index (χ2n) is 7.11. The summed E-state index contributed by atoms with van der Waals surface area (Å²) in [6.07, 6.45) is 2.66. The second kappa shape index (κ2) is 11.6. The van der Waals surface area contributed by atoms with Crippen LogP contribution in [0.4, 0.5) is 5.69 Å². The molecule has 9 heteroatoms. The Morgan fingerprint density at radius 3 is 2.42 bits per heavy atom. The second-order valence-corrected chi connectivity index (χ2v) is 9.26. The molecule has 0 aliphatic carbocycles. The largest absolute Gasteiger partial charge is 0.325 e. The molecule has 1 amide bonds. The summed E-state index contributed by atoms with van der Waals surface area (Å²) in [6, 6.07) is 12.9. The minimum atomic E-state index is -3.99. The number of ketones is 1. The molecule has 0 saturated heterocycles. The number of rotatable bonds is 11. The topological polar surface area (TPSA) is 116 Å². The molecule has 1 atom stereocenters. The molecular weight excluding hydrogens is 438 g/mol. The number of anilines is 1. The van der Waals surface area contributed by atoms with Crippen molar-refractivity contribution < 1.29 is 18.0 Å². The van der Waals surface area contributed by atoms with E-state index >= 15 is 0 Å². The summed E-state index contributed by atoms with van der Waals surface area (Å²) >= 11 is 5.95. The summed E-state index contributed by atoms with van der Waals surface area (Å²) in [5.41, 5.74) is 0.788. The number of nitrogens with one attached hydrogen (secondary N) is 2. The molecule has 0 aliphatic rings. The number of nitriles is 1. The van der Waals surface area contributed by atoms with Crippen LogP contribution in [0.3, 0.4) is 0 Å². The minimum absolute atomic E-state index is 0.0383. The number of hydrogen-bond donors (Lipinski definition) is 2. The van der Waals surface area contributed by atoms with E-state index in [1.165, 1.54) is 31.2 Å². The van der Waals surface area contributed by atoms with E-state index in [9.17, 15) is 18.0 Å². The molecule has 0 bridgehead atoms. The highest BCUT2D eigenvalue weighted by atomic mass is 35.5. The molecule has 0 spiro atoms. The van der Waals surface area contributed by atoms with Gasteiger partial charge >= 0.3 is 0 Å². The summed E-state index contributed by atoms with van der Waals surface area (Å²) < 4.78 is 28.0. The van der Waals surface area contributed by atoms with Crippen molar-refractivity contribution in [1.29, 1.82) is 5.26 Å². The fourth-order valence-electron chi connectivity index (χ4n) is 2.90. The maximum atomic E-state index is 12.8. The van der Waals surface area contributed by atoms with Crippen molar-refractivity contribution >= 4 is 39.0 Å². The summed E-state index contributed by atoms with van der Waals surface area (Å²) in [4.78, 5) is 23.9. The third-order valence-electron chi connectivity index (χ3n) is 4.52. The first-order valence-corrected chi connectivity index (χ1v) is 11.7. The van der Waals surface area contributed by atoms with Gasteiger partial charge in [0, 0.05) is 17.1 Å². The predicted molar refractivity (Wildman–Crippen MR) is 119 cm³/mol. The van der Waals surface area contributed by atoms with E-state index in [2.05, 4.69) is 10.0 Å². The van der Waals surface area contributed by atoms with Gasteiger partial charge in [-0.1, -0.05) is 30.5 Å². The molecule has 7 nitrogen and oxygen atoms in total. The lowest BCUT2D eigenvalue weighted by atomic mass is 10.1. The van der Waals surface area contributed by atoms with E-state index in [1.807, 2.05) is 6.07 Å². The molecular formula is C22H24ClN3O4S. The molecule has 2 aromatic rings. The van der Waals surface area contributed by atoms with Crippen LogP contribution in [0.25, 0.3) is 0 Å². The SMILES string of the molecule is CC(=O)CCCCCC(NS(=O)(=O)c1ccc(C#N)cc1)C(=O)Nc1cccc(Cl)c1. The van der Waals surface area contributed by atoms with Crippen molar-refractivity contribution in [2.75, 3.05) is 5.32 Å². The van der Waals surface area contributed by atoms with Gasteiger partial charge in [0.05, 0.1) is 16.5 Å². The first-order chi connectivity index (χ1) is 14.7. The number of Topliss-reactive ketones (excluding diaryl/α,β-unsaturated/α-hetero) is 1. The van der Waals surface area contributed by atoms with Gasteiger partial charge in [0.1, 0.15) is 11.8 Å². The molecule has 0 aromatic heterocycles. The fourth-order valence-corrected chi connectivity index (χ4v) is 4.32. The number of sulfonamides is 1. The number of carbonyl (C=O) groups excluding carboxylic acids is 2. The molecule has 0 heterocycles. The summed E-state index contributed by atoms with van der Waals surface area (Å²) in [6.45, 7) is 1.52. The number of nitrogens with zero attached hydrogens (tertiary/aromatic N) is 1. The van der Waals surface area contributed by atoms with E-state index in [4.69, 9.17) is 16.9 Å². The van der Waals surface area contributed by atoms with Crippen molar-refractivity contribution in [2.24, 2.45) is 0 Å². The highest BCUT2D eigenvalue weighted by molar-refractivity contribution is 7.89. The highest BCUT2D eigenvalue weighted by Gasteiger charge is 2.25. The summed E-state index contributed by atoms with van der Waals surface area (Å²) in [7, 11) is -3.99. The lowest BCUT2D eigenvalue weighted by Crippen LogP contribution is -2.43. The Kier molecular flexibility index (Phi) is 9.19. The van der Waals surface area contributed by atoms with Crippen LogP contribution in [0.1, 0.15) is 44.6 Å². The number of carbonyl (C=O) groups is 2. The van der Waals surface area contributed by atoms with Gasteiger partial charge in [-0.3, -0.25) is 4.79 Å². The smallest absolute Gasteiger partial charge is 0.242 e. The Hall–Kier alpha value is -2.73. The molecule has 2 rings (SSSR count). The Bertz CT molecular complexity index is 1060. The number of benzene rings is 2. The maximum absolute atomic E-state index is 12.8. The van der Waals surface area contributed by atoms with Crippen molar-refractivity contribution in [3.8, 4) is 6.07 Å². The van der Waals surface area contributed by atoms with Crippen LogP contribution in [0.15, 0.2) is 53.4 Å². The quantitative estimate of drug-likeness (QED) is 0.490. The lowest BCUT2D eigenvalue weighted by Gasteiger charge is -2.19. The van der Waals surface area contributed by atoms with Crippen molar-refractivity contribution in [3.63, 3.8) is 0 Å². The molecule has 0 aliphatic heterocycles. The Morgan fingerprint density at radius 1 is 1.10 bits per heavy atom. The molecule has 164 valence electrons. The van der Waals surface area contributed by atoms with Crippen LogP contribution < -0.4 is 10.0 Å². The van der Waals surface area contributed by atoms with E-state index in [1.54, 1.807) is 24.3 Å². The fraction of sp³-hybridized carbons (Fsp3) is 0.318. The standard InChI is InChI=1S/C22H24ClN3O4S/c1-16(27)6-3-2-4-9-21(22(28)25-19-8-5-7-18(23)14-19)26-31(29,30)20-12-10-17(15-24)11-13-20/h5,7-8,10-14,21,26H,2-4,6,9H2,1H3,(H,25,28). The maximum Gasteiger partial charge on any atom is 0.242 e. The Morgan fingerprint density at radius 2 is 1.81 bits per heavy atom. The first kappa shape index (κ1) is 24.5. The minimum Gasteiger partial charge on any atom is -0.325 e.